The molecule has 21 heavy (non-hydrogen) atoms. The first-order valence-electron chi connectivity index (χ1n) is 7.28. The van der Waals surface area contributed by atoms with Gasteiger partial charge < -0.3 is 15.3 Å². The standard InChI is InChI=1S/C16H21N3O2/c1-11(20)13-7-6-12(10-17)9-15(13)19-8-4-3-5-14(19)16(21)18-2/h6-7,9,11,14,20H,3-5,8H2,1-2H3,(H,18,21). The van der Waals surface area contributed by atoms with Crippen molar-refractivity contribution in [1.29, 1.82) is 5.26 Å². The number of carbonyl (C=O) groups is 1. The Bertz CT molecular complexity index is 563. The number of hydrogen-bond acceptors (Lipinski definition) is 4. The molecule has 112 valence electrons. The first kappa shape index (κ1) is 15.3. The van der Waals surface area contributed by atoms with Crippen LogP contribution in [0.5, 0.6) is 0 Å². The zero-order valence-corrected chi connectivity index (χ0v) is 12.5. The van der Waals surface area contributed by atoms with Gasteiger partial charge in [0, 0.05) is 24.8 Å². The molecule has 2 N–H and O–H groups in total. The molecule has 1 fully saturated rings. The second-order valence-electron chi connectivity index (χ2n) is 5.38. The number of likely N-dealkylation sites (N-methyl/N-ethyl adjacent to an activating group) is 1. The number of amides is 1. The molecule has 2 unspecified atom stereocenters. The molecule has 1 aliphatic rings. The van der Waals surface area contributed by atoms with Crippen LogP contribution < -0.4 is 10.2 Å². The topological polar surface area (TPSA) is 76.4 Å². The van der Waals surface area contributed by atoms with E-state index in [1.54, 1.807) is 32.2 Å². The molecule has 2 atom stereocenters. The normalized spacial score (nSPS) is 19.7. The summed E-state index contributed by atoms with van der Waals surface area (Å²) in [5, 5.41) is 21.8. The zero-order chi connectivity index (χ0) is 15.4. The number of anilines is 1. The maximum Gasteiger partial charge on any atom is 0.242 e. The smallest absolute Gasteiger partial charge is 0.242 e. The number of nitrogens with zero attached hydrogens (tertiary/aromatic N) is 2. The number of rotatable bonds is 3. The predicted molar refractivity (Wildman–Crippen MR) is 80.8 cm³/mol. The summed E-state index contributed by atoms with van der Waals surface area (Å²) in [5.74, 6) is -0.0198. The van der Waals surface area contributed by atoms with Gasteiger partial charge in [-0.1, -0.05) is 6.07 Å². The summed E-state index contributed by atoms with van der Waals surface area (Å²) in [7, 11) is 1.64. The molecule has 0 bridgehead atoms. The van der Waals surface area contributed by atoms with E-state index < -0.39 is 6.10 Å². The van der Waals surface area contributed by atoms with E-state index in [1.807, 2.05) is 4.90 Å². The highest BCUT2D eigenvalue weighted by Crippen LogP contribution is 2.32. The first-order valence-corrected chi connectivity index (χ1v) is 7.28. The average molecular weight is 287 g/mol. The molecule has 0 aromatic heterocycles. The highest BCUT2D eigenvalue weighted by atomic mass is 16.3. The minimum atomic E-state index is -0.639. The number of benzene rings is 1. The van der Waals surface area contributed by atoms with Crippen molar-refractivity contribution < 1.29 is 9.90 Å². The Morgan fingerprint density at radius 3 is 2.90 bits per heavy atom. The molecular weight excluding hydrogens is 266 g/mol. The molecule has 5 heteroatoms. The lowest BCUT2D eigenvalue weighted by molar-refractivity contribution is -0.122. The third kappa shape index (κ3) is 3.17. The molecular formula is C16H21N3O2. The Morgan fingerprint density at radius 2 is 2.29 bits per heavy atom. The van der Waals surface area contributed by atoms with E-state index >= 15 is 0 Å². The molecule has 0 aliphatic carbocycles. The van der Waals surface area contributed by atoms with Crippen LogP contribution in [0.1, 0.15) is 43.4 Å². The van der Waals surface area contributed by atoms with Gasteiger partial charge in [-0.3, -0.25) is 4.79 Å². The Morgan fingerprint density at radius 1 is 1.52 bits per heavy atom. The maximum absolute atomic E-state index is 12.1. The van der Waals surface area contributed by atoms with Gasteiger partial charge in [-0.2, -0.15) is 5.26 Å². The van der Waals surface area contributed by atoms with Crippen LogP contribution in [0.15, 0.2) is 18.2 Å². The number of aliphatic hydroxyl groups excluding tert-OH is 1. The van der Waals surface area contributed by atoms with E-state index in [1.165, 1.54) is 0 Å². The number of aliphatic hydroxyl groups is 1. The summed E-state index contributed by atoms with van der Waals surface area (Å²) in [6.07, 6.45) is 2.16. The van der Waals surface area contributed by atoms with Crippen LogP contribution in [0, 0.1) is 11.3 Å². The summed E-state index contributed by atoms with van der Waals surface area (Å²) in [5.41, 5.74) is 2.08. The van der Waals surface area contributed by atoms with Crippen LogP contribution >= 0.6 is 0 Å². The monoisotopic (exact) mass is 287 g/mol. The highest BCUT2D eigenvalue weighted by molar-refractivity contribution is 5.85. The van der Waals surface area contributed by atoms with E-state index in [-0.39, 0.29) is 11.9 Å². The van der Waals surface area contributed by atoms with Gasteiger partial charge in [0.1, 0.15) is 6.04 Å². The van der Waals surface area contributed by atoms with Gasteiger partial charge in [0.2, 0.25) is 5.91 Å². The summed E-state index contributed by atoms with van der Waals surface area (Å²) < 4.78 is 0. The number of hydrogen-bond donors (Lipinski definition) is 2. The molecule has 1 heterocycles. The average Bonchev–Trinajstić information content (AvgIpc) is 2.53. The highest BCUT2D eigenvalue weighted by Gasteiger charge is 2.30. The maximum atomic E-state index is 12.1. The third-order valence-electron chi connectivity index (χ3n) is 3.97. The molecule has 1 aromatic rings. The van der Waals surface area contributed by atoms with Crippen molar-refractivity contribution in [2.24, 2.45) is 0 Å². The fourth-order valence-corrected chi connectivity index (χ4v) is 2.87. The molecule has 5 nitrogen and oxygen atoms in total. The van der Waals surface area contributed by atoms with E-state index in [4.69, 9.17) is 5.26 Å². The van der Waals surface area contributed by atoms with Gasteiger partial charge in [0.05, 0.1) is 17.7 Å². The van der Waals surface area contributed by atoms with Gasteiger partial charge in [-0.15, -0.1) is 0 Å². The lowest BCUT2D eigenvalue weighted by Gasteiger charge is -2.37. The van der Waals surface area contributed by atoms with Crippen molar-refractivity contribution >= 4 is 11.6 Å². The van der Waals surface area contributed by atoms with Crippen molar-refractivity contribution in [3.8, 4) is 6.07 Å². The Balaban J connectivity index is 2.46. The van der Waals surface area contributed by atoms with Crippen molar-refractivity contribution in [3.63, 3.8) is 0 Å². The number of carbonyl (C=O) groups excluding carboxylic acids is 1. The minimum absolute atomic E-state index is 0.0198. The summed E-state index contributed by atoms with van der Waals surface area (Å²) in [6, 6.07) is 7.12. The molecule has 0 radical (unpaired) electrons. The molecule has 1 aromatic carbocycles. The van der Waals surface area contributed by atoms with Gasteiger partial charge >= 0.3 is 0 Å². The number of nitrogens with one attached hydrogen (secondary N) is 1. The molecule has 1 aliphatic heterocycles. The minimum Gasteiger partial charge on any atom is -0.389 e. The van der Waals surface area contributed by atoms with Crippen LogP contribution in [0.4, 0.5) is 5.69 Å². The second-order valence-corrected chi connectivity index (χ2v) is 5.38. The molecule has 0 spiro atoms. The van der Waals surface area contributed by atoms with Gasteiger partial charge in [0.25, 0.3) is 0 Å². The second kappa shape index (κ2) is 6.59. The zero-order valence-electron chi connectivity index (χ0n) is 12.5. The molecule has 1 saturated heterocycles. The predicted octanol–water partition coefficient (Wildman–Crippen LogP) is 1.72. The van der Waals surface area contributed by atoms with E-state index in [9.17, 15) is 9.90 Å². The quantitative estimate of drug-likeness (QED) is 0.887. The van der Waals surface area contributed by atoms with Crippen LogP contribution in [0.3, 0.4) is 0 Å². The van der Waals surface area contributed by atoms with Gasteiger partial charge in [-0.25, -0.2) is 0 Å². The van der Waals surface area contributed by atoms with Crippen LogP contribution in [0.25, 0.3) is 0 Å². The van der Waals surface area contributed by atoms with E-state index in [2.05, 4.69) is 11.4 Å². The lowest BCUT2D eigenvalue weighted by Crippen LogP contribution is -2.49. The largest absolute Gasteiger partial charge is 0.389 e. The lowest BCUT2D eigenvalue weighted by atomic mass is 9.97. The molecule has 0 saturated carbocycles. The number of piperidine rings is 1. The van der Waals surface area contributed by atoms with Gasteiger partial charge in [-0.05, 0) is 38.3 Å². The number of nitriles is 1. The van der Waals surface area contributed by atoms with Crippen molar-refractivity contribution in [2.45, 2.75) is 38.3 Å². The fourth-order valence-electron chi connectivity index (χ4n) is 2.87. The van der Waals surface area contributed by atoms with Crippen molar-refractivity contribution in [1.82, 2.24) is 5.32 Å². The Hall–Kier alpha value is -2.06. The van der Waals surface area contributed by atoms with Crippen molar-refractivity contribution in [2.75, 3.05) is 18.5 Å². The van der Waals surface area contributed by atoms with Crippen LogP contribution in [-0.4, -0.2) is 30.6 Å². The third-order valence-corrected chi connectivity index (χ3v) is 3.97. The van der Waals surface area contributed by atoms with Gasteiger partial charge in [0.15, 0.2) is 0 Å². The first-order chi connectivity index (χ1) is 10.1. The molecule has 1 amide bonds. The SMILES string of the molecule is CNC(=O)C1CCCCN1c1cc(C#N)ccc1C(C)O. The van der Waals surface area contributed by atoms with Crippen LogP contribution in [-0.2, 0) is 4.79 Å². The Labute approximate surface area is 125 Å². The van der Waals surface area contributed by atoms with Crippen molar-refractivity contribution in [3.05, 3.63) is 29.3 Å². The summed E-state index contributed by atoms with van der Waals surface area (Å²) in [6.45, 7) is 2.45. The van der Waals surface area contributed by atoms with Crippen LogP contribution in [0.2, 0.25) is 0 Å². The summed E-state index contributed by atoms with van der Waals surface area (Å²) in [4.78, 5) is 14.1. The molecule has 2 rings (SSSR count). The van der Waals surface area contributed by atoms with E-state index in [0.29, 0.717) is 5.56 Å². The van der Waals surface area contributed by atoms with E-state index in [0.717, 1.165) is 37.1 Å². The Kier molecular flexibility index (Phi) is 4.81. The summed E-state index contributed by atoms with van der Waals surface area (Å²) >= 11 is 0. The fraction of sp³-hybridized carbons (Fsp3) is 0.500.